The van der Waals surface area contributed by atoms with Gasteiger partial charge in [-0.15, -0.1) is 0 Å². The highest BCUT2D eigenvalue weighted by molar-refractivity contribution is 7.79. The molecule has 0 radical (unpaired) electrons. The van der Waals surface area contributed by atoms with Crippen LogP contribution in [0.2, 0.25) is 0 Å². The molecule has 3 rings (SSSR count). The maximum atomic E-state index is 14.4. The largest absolute Gasteiger partial charge is 0.481 e. The fraction of sp³-hybridized carbons (Fsp3) is 0.0556. The monoisotopic (exact) mass is 365 g/mol. The Morgan fingerprint density at radius 2 is 1.36 bits per heavy atom. The van der Waals surface area contributed by atoms with E-state index in [1.807, 2.05) is 0 Å². The number of hydrogen-bond acceptors (Lipinski definition) is 2. The van der Waals surface area contributed by atoms with Gasteiger partial charge in [-0.1, -0.05) is 6.07 Å². The first-order chi connectivity index (χ1) is 12.0. The molecule has 1 heterocycles. The molecule has 0 spiro atoms. The van der Waals surface area contributed by atoms with E-state index in [9.17, 15) is 17.6 Å². The summed E-state index contributed by atoms with van der Waals surface area (Å²) in [5, 5.41) is -0.166. The molecule has 1 aromatic heterocycles. The molecule has 0 saturated carbocycles. The first kappa shape index (κ1) is 17.4. The number of benzene rings is 2. The lowest BCUT2D eigenvalue weighted by Gasteiger charge is -2.20. The minimum absolute atomic E-state index is 0.0831. The Morgan fingerprint density at radius 3 is 1.88 bits per heavy atom. The van der Waals surface area contributed by atoms with E-state index in [0.29, 0.717) is 0 Å². The van der Waals surface area contributed by atoms with E-state index in [4.69, 9.17) is 4.74 Å². The molecule has 0 bridgehead atoms. The Labute approximate surface area is 142 Å². The molecular weight excluding hydrogens is 353 g/mol. The van der Waals surface area contributed by atoms with E-state index in [1.165, 1.54) is 7.11 Å². The first-order valence-electron chi connectivity index (χ1n) is 7.21. The van der Waals surface area contributed by atoms with E-state index in [-0.39, 0.29) is 21.9 Å². The van der Waals surface area contributed by atoms with Crippen LogP contribution in [0.3, 0.4) is 0 Å². The van der Waals surface area contributed by atoms with Crippen molar-refractivity contribution in [1.29, 1.82) is 0 Å². The van der Waals surface area contributed by atoms with Gasteiger partial charge in [-0.3, -0.25) is 0 Å². The molecule has 0 aliphatic carbocycles. The molecular formula is C18H12F4NOP. The molecule has 0 amide bonds. The van der Waals surface area contributed by atoms with Gasteiger partial charge in [-0.25, -0.2) is 22.5 Å². The third kappa shape index (κ3) is 3.64. The van der Waals surface area contributed by atoms with Crippen molar-refractivity contribution in [2.75, 3.05) is 7.11 Å². The second-order valence-electron chi connectivity index (χ2n) is 5.07. The van der Waals surface area contributed by atoms with Gasteiger partial charge in [0.15, 0.2) is 0 Å². The molecule has 3 aromatic rings. The van der Waals surface area contributed by atoms with Crippen LogP contribution < -0.4 is 20.8 Å². The number of aromatic nitrogens is 1. The zero-order valence-corrected chi connectivity index (χ0v) is 13.9. The van der Waals surface area contributed by atoms with E-state index in [1.54, 1.807) is 18.2 Å². The molecule has 7 heteroatoms. The summed E-state index contributed by atoms with van der Waals surface area (Å²) in [6.45, 7) is 0. The molecule has 0 aliphatic rings. The fourth-order valence-corrected chi connectivity index (χ4v) is 4.60. The van der Waals surface area contributed by atoms with Crippen molar-refractivity contribution in [2.45, 2.75) is 0 Å². The Balaban J connectivity index is 2.27. The number of hydrogen-bond donors (Lipinski definition) is 0. The summed E-state index contributed by atoms with van der Waals surface area (Å²) in [4.78, 5) is 4.21. The predicted molar refractivity (Wildman–Crippen MR) is 89.3 cm³/mol. The minimum Gasteiger partial charge on any atom is -0.481 e. The third-order valence-electron chi connectivity index (χ3n) is 3.45. The van der Waals surface area contributed by atoms with Gasteiger partial charge in [-0.2, -0.15) is 0 Å². The number of ether oxygens (including phenoxy) is 1. The van der Waals surface area contributed by atoms with Gasteiger partial charge in [0.05, 0.1) is 12.5 Å². The van der Waals surface area contributed by atoms with Crippen molar-refractivity contribution in [3.63, 3.8) is 0 Å². The minimum atomic E-state index is -1.96. The zero-order valence-electron chi connectivity index (χ0n) is 13.0. The summed E-state index contributed by atoms with van der Waals surface area (Å²) in [6.07, 6.45) is 0. The normalized spacial score (nSPS) is 11.0. The van der Waals surface area contributed by atoms with Crippen LogP contribution in [0.1, 0.15) is 0 Å². The molecule has 0 saturated heterocycles. The van der Waals surface area contributed by atoms with Crippen molar-refractivity contribution in [1.82, 2.24) is 4.98 Å². The Morgan fingerprint density at radius 1 is 0.800 bits per heavy atom. The van der Waals surface area contributed by atoms with Gasteiger partial charge < -0.3 is 4.74 Å². The molecule has 0 N–H and O–H groups in total. The maximum absolute atomic E-state index is 14.4. The van der Waals surface area contributed by atoms with E-state index in [2.05, 4.69) is 4.98 Å². The lowest BCUT2D eigenvalue weighted by atomic mass is 10.3. The molecule has 2 nitrogen and oxygen atoms in total. The quantitative estimate of drug-likeness (QED) is 0.522. The molecule has 2 aromatic carbocycles. The SMILES string of the molecule is COc1cccc(P(c2cc(F)ccc2F)c2cc(F)ccc2F)n1. The van der Waals surface area contributed by atoms with E-state index >= 15 is 0 Å². The van der Waals surface area contributed by atoms with Gasteiger partial charge in [0.1, 0.15) is 23.3 Å². The highest BCUT2D eigenvalue weighted by atomic mass is 31.1. The number of rotatable bonds is 4. The van der Waals surface area contributed by atoms with Crippen LogP contribution in [0.4, 0.5) is 17.6 Å². The Bertz CT molecular complexity index is 868. The highest BCUT2D eigenvalue weighted by Gasteiger charge is 2.25. The second kappa shape index (κ2) is 7.19. The standard InChI is InChI=1S/C18H12F4NOP/c1-24-17-3-2-4-18(23-17)25(15-9-11(19)5-7-13(15)21)16-10-12(20)6-8-14(16)22/h2-10H,1H3. The second-order valence-corrected chi connectivity index (χ2v) is 7.16. The molecule has 0 unspecified atom stereocenters. The van der Waals surface area contributed by atoms with Crippen LogP contribution in [0, 0.1) is 23.3 Å². The van der Waals surface area contributed by atoms with Gasteiger partial charge >= 0.3 is 0 Å². The highest BCUT2D eigenvalue weighted by Crippen LogP contribution is 2.35. The predicted octanol–water partition coefficient (Wildman–Crippen LogP) is 3.40. The van der Waals surface area contributed by atoms with Gasteiger partial charge in [0.25, 0.3) is 0 Å². The molecule has 0 fully saturated rings. The van der Waals surface area contributed by atoms with E-state index < -0.39 is 31.2 Å². The van der Waals surface area contributed by atoms with Gasteiger partial charge in [0, 0.05) is 24.6 Å². The lowest BCUT2D eigenvalue weighted by molar-refractivity contribution is 0.399. The van der Waals surface area contributed by atoms with Crippen LogP contribution in [0.5, 0.6) is 5.88 Å². The van der Waals surface area contributed by atoms with Crippen LogP contribution in [0.15, 0.2) is 54.6 Å². The summed E-state index contributed by atoms with van der Waals surface area (Å²) in [7, 11) is -0.560. The summed E-state index contributed by atoms with van der Waals surface area (Å²) >= 11 is 0. The van der Waals surface area contributed by atoms with Crippen LogP contribution >= 0.6 is 7.92 Å². The average Bonchev–Trinajstić information content (AvgIpc) is 2.61. The summed E-state index contributed by atoms with van der Waals surface area (Å²) in [5.74, 6) is -2.56. The fourth-order valence-electron chi connectivity index (χ4n) is 2.33. The summed E-state index contributed by atoms with van der Waals surface area (Å²) in [6, 6.07) is 10.5. The van der Waals surface area contributed by atoms with Crippen molar-refractivity contribution >= 4 is 24.0 Å². The summed E-state index contributed by atoms with van der Waals surface area (Å²) in [5.41, 5.74) is 0.267. The van der Waals surface area contributed by atoms with Crippen LogP contribution in [-0.2, 0) is 0 Å². The average molecular weight is 365 g/mol. The Hall–Kier alpha value is -2.46. The smallest absolute Gasteiger partial charge is 0.213 e. The molecule has 25 heavy (non-hydrogen) atoms. The Kier molecular flexibility index (Phi) is 5.00. The zero-order chi connectivity index (χ0) is 18.0. The molecule has 0 aliphatic heterocycles. The number of halogens is 4. The number of pyridine rings is 1. The lowest BCUT2D eigenvalue weighted by Crippen LogP contribution is -2.27. The van der Waals surface area contributed by atoms with Gasteiger partial charge in [-0.05, 0) is 42.5 Å². The van der Waals surface area contributed by atoms with E-state index in [0.717, 1.165) is 36.4 Å². The first-order valence-corrected chi connectivity index (χ1v) is 8.55. The third-order valence-corrected chi connectivity index (χ3v) is 5.80. The van der Waals surface area contributed by atoms with Crippen molar-refractivity contribution in [3.05, 3.63) is 77.9 Å². The van der Waals surface area contributed by atoms with Crippen molar-refractivity contribution < 1.29 is 22.3 Å². The number of nitrogens with zero attached hydrogens (tertiary/aromatic N) is 1. The maximum Gasteiger partial charge on any atom is 0.213 e. The number of methoxy groups -OCH3 is 1. The van der Waals surface area contributed by atoms with Crippen LogP contribution in [0.25, 0.3) is 0 Å². The van der Waals surface area contributed by atoms with Crippen molar-refractivity contribution in [3.8, 4) is 5.88 Å². The summed E-state index contributed by atoms with van der Waals surface area (Å²) < 4.78 is 61.2. The van der Waals surface area contributed by atoms with Crippen molar-refractivity contribution in [2.24, 2.45) is 0 Å². The molecule has 128 valence electrons. The van der Waals surface area contributed by atoms with Gasteiger partial charge in [0.2, 0.25) is 5.88 Å². The van der Waals surface area contributed by atoms with Crippen LogP contribution in [-0.4, -0.2) is 12.1 Å². The molecule has 0 atom stereocenters. The topological polar surface area (TPSA) is 22.1 Å².